The maximum atomic E-state index is 5.43. The Balaban J connectivity index is 3.05. The van der Waals surface area contributed by atoms with Crippen molar-refractivity contribution < 1.29 is 9.47 Å². The van der Waals surface area contributed by atoms with Crippen molar-refractivity contribution in [2.45, 2.75) is 32.7 Å². The van der Waals surface area contributed by atoms with Gasteiger partial charge < -0.3 is 14.8 Å². The summed E-state index contributed by atoms with van der Waals surface area (Å²) >= 11 is 0. The van der Waals surface area contributed by atoms with Crippen LogP contribution >= 0.6 is 0 Å². The van der Waals surface area contributed by atoms with Gasteiger partial charge in [0.1, 0.15) is 11.5 Å². The topological polar surface area (TPSA) is 30.5 Å². The number of methoxy groups -OCH3 is 2. The summed E-state index contributed by atoms with van der Waals surface area (Å²) < 4.78 is 10.9. The first-order valence-electron chi connectivity index (χ1n) is 6.22. The molecule has 1 N–H and O–H groups in total. The van der Waals surface area contributed by atoms with Gasteiger partial charge in [0.05, 0.1) is 19.8 Å². The van der Waals surface area contributed by atoms with Crippen LogP contribution in [0.5, 0.6) is 11.5 Å². The third-order valence-corrected chi connectivity index (χ3v) is 2.86. The van der Waals surface area contributed by atoms with Crippen LogP contribution in [-0.4, -0.2) is 20.8 Å². The summed E-state index contributed by atoms with van der Waals surface area (Å²) in [6, 6.07) is 6.19. The van der Waals surface area contributed by atoms with E-state index >= 15 is 0 Å². The Labute approximate surface area is 104 Å². The van der Waals surface area contributed by atoms with E-state index in [9.17, 15) is 0 Å². The molecule has 3 heteroatoms. The lowest BCUT2D eigenvalue weighted by Gasteiger charge is -2.22. The highest BCUT2D eigenvalue weighted by molar-refractivity contribution is 5.46. The average Bonchev–Trinajstić information content (AvgIpc) is 2.39. The summed E-state index contributed by atoms with van der Waals surface area (Å²) in [5, 5.41) is 3.52. The molecule has 1 unspecified atom stereocenters. The third kappa shape index (κ3) is 3.37. The van der Waals surface area contributed by atoms with Gasteiger partial charge in [-0.05, 0) is 31.5 Å². The van der Waals surface area contributed by atoms with Gasteiger partial charge >= 0.3 is 0 Å². The molecule has 1 aromatic carbocycles. The summed E-state index contributed by atoms with van der Waals surface area (Å²) in [5.74, 6) is 1.78. The van der Waals surface area contributed by atoms with E-state index in [1.54, 1.807) is 14.2 Å². The zero-order valence-electron chi connectivity index (χ0n) is 11.2. The van der Waals surface area contributed by atoms with Gasteiger partial charge in [-0.25, -0.2) is 0 Å². The predicted octanol–water partition coefficient (Wildman–Crippen LogP) is 3.15. The molecule has 0 amide bonds. The molecule has 0 radical (unpaired) electrons. The van der Waals surface area contributed by atoms with Crippen LogP contribution in [0, 0.1) is 0 Å². The molecule has 3 nitrogen and oxygen atoms in total. The third-order valence-electron chi connectivity index (χ3n) is 2.86. The first kappa shape index (κ1) is 13.8. The normalized spacial score (nSPS) is 12.2. The zero-order valence-corrected chi connectivity index (χ0v) is 11.2. The van der Waals surface area contributed by atoms with Crippen LogP contribution in [-0.2, 0) is 0 Å². The van der Waals surface area contributed by atoms with E-state index in [2.05, 4.69) is 19.2 Å². The lowest BCUT2D eigenvalue weighted by molar-refractivity contribution is 0.368. The van der Waals surface area contributed by atoms with Crippen LogP contribution in [0.2, 0.25) is 0 Å². The molecule has 1 rings (SSSR count). The van der Waals surface area contributed by atoms with E-state index in [-0.39, 0.29) is 6.04 Å². The van der Waals surface area contributed by atoms with E-state index in [4.69, 9.17) is 9.47 Å². The molecule has 0 aliphatic carbocycles. The van der Waals surface area contributed by atoms with Gasteiger partial charge in [-0.1, -0.05) is 19.9 Å². The van der Waals surface area contributed by atoms with Crippen molar-refractivity contribution in [1.29, 1.82) is 0 Å². The zero-order chi connectivity index (χ0) is 12.7. The van der Waals surface area contributed by atoms with Crippen molar-refractivity contribution in [2.75, 3.05) is 20.8 Å². The smallest absolute Gasteiger partial charge is 0.127 e. The molecular formula is C14H23NO2. The van der Waals surface area contributed by atoms with Gasteiger partial charge in [-0.2, -0.15) is 0 Å². The Bertz CT molecular complexity index is 317. The first-order valence-corrected chi connectivity index (χ1v) is 6.22. The number of ether oxygens (including phenoxy) is 2. The number of hydrogen-bond acceptors (Lipinski definition) is 3. The minimum absolute atomic E-state index is 0.279. The number of hydrogen-bond donors (Lipinski definition) is 1. The van der Waals surface area contributed by atoms with Crippen LogP contribution in [0.25, 0.3) is 0 Å². The molecule has 0 aliphatic rings. The largest absolute Gasteiger partial charge is 0.496 e. The lowest BCUT2D eigenvalue weighted by atomic mass is 10.0. The molecular weight excluding hydrogens is 214 g/mol. The van der Waals surface area contributed by atoms with E-state index in [0.717, 1.165) is 36.4 Å². The molecule has 0 aromatic heterocycles. The fourth-order valence-electron chi connectivity index (χ4n) is 1.99. The van der Waals surface area contributed by atoms with Crippen molar-refractivity contribution in [3.05, 3.63) is 23.8 Å². The van der Waals surface area contributed by atoms with Crippen LogP contribution in [0.3, 0.4) is 0 Å². The lowest BCUT2D eigenvalue weighted by Crippen LogP contribution is -2.22. The molecule has 0 fully saturated rings. The Hall–Kier alpha value is -1.22. The maximum absolute atomic E-state index is 5.43. The Morgan fingerprint density at radius 3 is 2.12 bits per heavy atom. The molecule has 1 aromatic rings. The Kier molecular flexibility index (Phi) is 5.84. The predicted molar refractivity (Wildman–Crippen MR) is 70.9 cm³/mol. The van der Waals surface area contributed by atoms with Gasteiger partial charge in [-0.3, -0.25) is 0 Å². The van der Waals surface area contributed by atoms with Gasteiger partial charge in [0, 0.05) is 6.04 Å². The maximum Gasteiger partial charge on any atom is 0.127 e. The van der Waals surface area contributed by atoms with E-state index in [1.165, 1.54) is 0 Å². The highest BCUT2D eigenvalue weighted by atomic mass is 16.5. The van der Waals surface area contributed by atoms with Gasteiger partial charge in [0.15, 0.2) is 0 Å². The van der Waals surface area contributed by atoms with Crippen LogP contribution in [0.15, 0.2) is 18.2 Å². The first-order chi connectivity index (χ1) is 8.28. The van der Waals surface area contributed by atoms with Gasteiger partial charge in [0.2, 0.25) is 0 Å². The second-order valence-electron chi connectivity index (χ2n) is 3.99. The second kappa shape index (κ2) is 7.17. The Morgan fingerprint density at radius 2 is 1.71 bits per heavy atom. The highest BCUT2D eigenvalue weighted by Crippen LogP contribution is 2.35. The quantitative estimate of drug-likeness (QED) is 0.790. The molecule has 0 bridgehead atoms. The fourth-order valence-corrected chi connectivity index (χ4v) is 1.99. The molecule has 0 spiro atoms. The van der Waals surface area contributed by atoms with Gasteiger partial charge in [0.25, 0.3) is 0 Å². The van der Waals surface area contributed by atoms with Crippen molar-refractivity contribution in [3.8, 4) is 11.5 Å². The second-order valence-corrected chi connectivity index (χ2v) is 3.99. The van der Waals surface area contributed by atoms with Crippen molar-refractivity contribution in [2.24, 2.45) is 0 Å². The molecule has 17 heavy (non-hydrogen) atoms. The molecule has 96 valence electrons. The summed E-state index contributed by atoms with van der Waals surface area (Å²) in [5.41, 5.74) is 1.12. The number of rotatable bonds is 7. The molecule has 0 heterocycles. The van der Waals surface area contributed by atoms with Crippen molar-refractivity contribution in [3.63, 3.8) is 0 Å². The fraction of sp³-hybridized carbons (Fsp3) is 0.571. The average molecular weight is 237 g/mol. The SMILES string of the molecule is CCCNC(CC)c1c(OC)cccc1OC. The molecule has 1 atom stereocenters. The summed E-state index contributed by atoms with van der Waals surface area (Å²) in [7, 11) is 3.40. The van der Waals surface area contributed by atoms with Crippen LogP contribution in [0.1, 0.15) is 38.3 Å². The Morgan fingerprint density at radius 1 is 1.12 bits per heavy atom. The molecule has 0 saturated carbocycles. The van der Waals surface area contributed by atoms with E-state index in [0.29, 0.717) is 0 Å². The summed E-state index contributed by atoms with van der Waals surface area (Å²) in [6.07, 6.45) is 2.13. The minimum Gasteiger partial charge on any atom is -0.496 e. The minimum atomic E-state index is 0.279. The highest BCUT2D eigenvalue weighted by Gasteiger charge is 2.18. The van der Waals surface area contributed by atoms with Crippen molar-refractivity contribution in [1.82, 2.24) is 5.32 Å². The molecule has 0 saturated heterocycles. The summed E-state index contributed by atoms with van der Waals surface area (Å²) in [4.78, 5) is 0. The molecule has 0 aliphatic heterocycles. The van der Waals surface area contributed by atoms with Crippen LogP contribution < -0.4 is 14.8 Å². The van der Waals surface area contributed by atoms with E-state index in [1.807, 2.05) is 18.2 Å². The van der Waals surface area contributed by atoms with Crippen LogP contribution in [0.4, 0.5) is 0 Å². The monoisotopic (exact) mass is 237 g/mol. The number of benzene rings is 1. The van der Waals surface area contributed by atoms with Gasteiger partial charge in [-0.15, -0.1) is 0 Å². The van der Waals surface area contributed by atoms with Crippen molar-refractivity contribution >= 4 is 0 Å². The summed E-state index contributed by atoms with van der Waals surface area (Å²) in [6.45, 7) is 5.33. The van der Waals surface area contributed by atoms with E-state index < -0.39 is 0 Å². The number of nitrogens with one attached hydrogen (secondary N) is 1. The standard InChI is InChI=1S/C14H23NO2/c1-5-10-15-11(6-2)14-12(16-3)8-7-9-13(14)17-4/h7-9,11,15H,5-6,10H2,1-4H3.